The van der Waals surface area contributed by atoms with E-state index < -0.39 is 0 Å². The fraction of sp³-hybridized carbons (Fsp3) is 0.900. The van der Waals surface area contributed by atoms with Crippen LogP contribution in [0.15, 0.2) is 0 Å². The lowest BCUT2D eigenvalue weighted by Gasteiger charge is -2.33. The van der Waals surface area contributed by atoms with E-state index in [-0.39, 0.29) is 0 Å². The van der Waals surface area contributed by atoms with Crippen molar-refractivity contribution in [2.45, 2.75) is 45.1 Å². The molecule has 0 N–H and O–H groups in total. The summed E-state index contributed by atoms with van der Waals surface area (Å²) in [4.78, 5) is 13.8. The van der Waals surface area contributed by atoms with E-state index in [1.165, 1.54) is 19.3 Å². The molecular formula is C10H17NO. The van der Waals surface area contributed by atoms with Crippen LogP contribution in [0.5, 0.6) is 0 Å². The molecular weight excluding hydrogens is 150 g/mol. The molecule has 1 amide bonds. The summed E-state index contributed by atoms with van der Waals surface area (Å²) in [6.07, 6.45) is 6.00. The first-order valence-corrected chi connectivity index (χ1v) is 5.09. The highest BCUT2D eigenvalue weighted by Gasteiger charge is 2.35. The number of amides is 1. The highest BCUT2D eigenvalue weighted by Crippen LogP contribution is 2.33. The van der Waals surface area contributed by atoms with Gasteiger partial charge >= 0.3 is 0 Å². The lowest BCUT2D eigenvalue weighted by molar-refractivity contribution is -0.135. The summed E-state index contributed by atoms with van der Waals surface area (Å²) < 4.78 is 0. The van der Waals surface area contributed by atoms with Crippen LogP contribution in [-0.4, -0.2) is 23.4 Å². The Morgan fingerprint density at radius 1 is 1.25 bits per heavy atom. The van der Waals surface area contributed by atoms with Crippen molar-refractivity contribution < 1.29 is 4.79 Å². The molecule has 0 aromatic rings. The third kappa shape index (κ3) is 1.47. The normalized spacial score (nSPS) is 30.4. The Bertz CT molecular complexity index is 186. The summed E-state index contributed by atoms with van der Waals surface area (Å²) in [6.45, 7) is 3.19. The van der Waals surface area contributed by atoms with Crippen LogP contribution in [-0.2, 0) is 4.79 Å². The number of hydrogen-bond acceptors (Lipinski definition) is 1. The number of piperidine rings is 1. The van der Waals surface area contributed by atoms with Gasteiger partial charge in [-0.1, -0.05) is 0 Å². The predicted molar refractivity (Wildman–Crippen MR) is 47.8 cm³/mol. The lowest BCUT2D eigenvalue weighted by atomic mass is 10.0. The molecule has 2 nitrogen and oxygen atoms in total. The van der Waals surface area contributed by atoms with Gasteiger partial charge in [-0.25, -0.2) is 0 Å². The number of carbonyl (C=O) groups is 1. The van der Waals surface area contributed by atoms with Gasteiger partial charge in [-0.15, -0.1) is 0 Å². The molecule has 2 heteroatoms. The van der Waals surface area contributed by atoms with Gasteiger partial charge in [-0.3, -0.25) is 4.79 Å². The number of nitrogens with zero attached hydrogens (tertiary/aromatic N) is 1. The van der Waals surface area contributed by atoms with Gasteiger partial charge in [0.2, 0.25) is 5.91 Å². The molecule has 12 heavy (non-hydrogen) atoms. The Kier molecular flexibility index (Phi) is 2.07. The summed E-state index contributed by atoms with van der Waals surface area (Å²) >= 11 is 0. The molecule has 0 spiro atoms. The van der Waals surface area contributed by atoms with Gasteiger partial charge in [0.15, 0.2) is 0 Å². The number of rotatable bonds is 1. The van der Waals surface area contributed by atoms with E-state index in [2.05, 4.69) is 11.8 Å². The third-order valence-electron chi connectivity index (χ3n) is 3.01. The van der Waals surface area contributed by atoms with Crippen LogP contribution in [0.3, 0.4) is 0 Å². The van der Waals surface area contributed by atoms with Gasteiger partial charge in [-0.2, -0.15) is 0 Å². The Hall–Kier alpha value is -0.530. The zero-order chi connectivity index (χ0) is 8.55. The van der Waals surface area contributed by atoms with E-state index in [9.17, 15) is 4.79 Å². The standard InChI is InChI=1S/C10H17NO/c1-8-4-2-3-7-11(8)10(12)9-5-6-9/h8-9H,2-7H2,1H3/t8-/m0/s1. The van der Waals surface area contributed by atoms with Crippen LogP contribution >= 0.6 is 0 Å². The maximum atomic E-state index is 11.7. The van der Waals surface area contributed by atoms with Gasteiger partial charge in [0, 0.05) is 18.5 Å². The molecule has 1 aliphatic heterocycles. The largest absolute Gasteiger partial charge is 0.340 e. The highest BCUT2D eigenvalue weighted by molar-refractivity contribution is 5.81. The summed E-state index contributed by atoms with van der Waals surface area (Å²) in [7, 11) is 0. The zero-order valence-corrected chi connectivity index (χ0v) is 7.75. The van der Waals surface area contributed by atoms with Crippen molar-refractivity contribution in [3.8, 4) is 0 Å². The first kappa shape index (κ1) is 8.09. The molecule has 1 aliphatic carbocycles. The number of carbonyl (C=O) groups excluding carboxylic acids is 1. The zero-order valence-electron chi connectivity index (χ0n) is 7.75. The van der Waals surface area contributed by atoms with E-state index in [0.717, 1.165) is 19.4 Å². The minimum absolute atomic E-state index is 0.408. The fourth-order valence-corrected chi connectivity index (χ4v) is 1.99. The Morgan fingerprint density at radius 3 is 2.58 bits per heavy atom. The van der Waals surface area contributed by atoms with Crippen LogP contribution in [0.2, 0.25) is 0 Å². The average molecular weight is 167 g/mol. The summed E-state index contributed by atoms with van der Waals surface area (Å²) in [5, 5.41) is 0. The average Bonchev–Trinajstić information content (AvgIpc) is 2.86. The monoisotopic (exact) mass is 167 g/mol. The smallest absolute Gasteiger partial charge is 0.225 e. The van der Waals surface area contributed by atoms with E-state index in [1.54, 1.807) is 0 Å². The van der Waals surface area contributed by atoms with E-state index in [4.69, 9.17) is 0 Å². The van der Waals surface area contributed by atoms with Crippen LogP contribution in [0.1, 0.15) is 39.0 Å². The van der Waals surface area contributed by atoms with Crippen molar-refractivity contribution in [3.63, 3.8) is 0 Å². The van der Waals surface area contributed by atoms with Crippen molar-refractivity contribution in [3.05, 3.63) is 0 Å². The minimum atomic E-state index is 0.408. The maximum Gasteiger partial charge on any atom is 0.225 e. The second-order valence-electron chi connectivity index (χ2n) is 4.15. The van der Waals surface area contributed by atoms with Crippen molar-refractivity contribution >= 4 is 5.91 Å². The molecule has 68 valence electrons. The molecule has 2 rings (SSSR count). The molecule has 1 atom stereocenters. The second-order valence-corrected chi connectivity index (χ2v) is 4.15. The molecule has 2 fully saturated rings. The van der Waals surface area contributed by atoms with E-state index >= 15 is 0 Å². The van der Waals surface area contributed by atoms with Crippen molar-refractivity contribution in [2.75, 3.05) is 6.54 Å². The Labute approximate surface area is 73.9 Å². The molecule has 0 radical (unpaired) electrons. The molecule has 0 aromatic carbocycles. The summed E-state index contributed by atoms with van der Waals surface area (Å²) in [5.74, 6) is 0.841. The topological polar surface area (TPSA) is 20.3 Å². The molecule has 1 heterocycles. The van der Waals surface area contributed by atoms with Crippen molar-refractivity contribution in [1.29, 1.82) is 0 Å². The van der Waals surface area contributed by atoms with Crippen LogP contribution in [0.25, 0.3) is 0 Å². The Balaban J connectivity index is 1.95. The van der Waals surface area contributed by atoms with Gasteiger partial charge < -0.3 is 4.90 Å². The maximum absolute atomic E-state index is 11.7. The summed E-state index contributed by atoms with van der Waals surface area (Å²) in [5.41, 5.74) is 0. The molecule has 0 bridgehead atoms. The quantitative estimate of drug-likeness (QED) is 0.583. The first-order valence-electron chi connectivity index (χ1n) is 5.09. The lowest BCUT2D eigenvalue weighted by Crippen LogP contribution is -2.42. The number of hydrogen-bond donors (Lipinski definition) is 0. The second kappa shape index (κ2) is 3.08. The van der Waals surface area contributed by atoms with Gasteiger partial charge in [0.05, 0.1) is 0 Å². The summed E-state index contributed by atoms with van der Waals surface area (Å²) in [6, 6.07) is 0.506. The highest BCUT2D eigenvalue weighted by atomic mass is 16.2. The molecule has 1 saturated carbocycles. The fourth-order valence-electron chi connectivity index (χ4n) is 1.99. The molecule has 0 unspecified atom stereocenters. The van der Waals surface area contributed by atoms with Crippen molar-refractivity contribution in [2.24, 2.45) is 5.92 Å². The van der Waals surface area contributed by atoms with Crippen LogP contribution in [0.4, 0.5) is 0 Å². The van der Waals surface area contributed by atoms with Gasteiger partial charge in [0.1, 0.15) is 0 Å². The van der Waals surface area contributed by atoms with E-state index in [0.29, 0.717) is 17.9 Å². The third-order valence-corrected chi connectivity index (χ3v) is 3.01. The van der Waals surface area contributed by atoms with Crippen molar-refractivity contribution in [1.82, 2.24) is 4.90 Å². The Morgan fingerprint density at radius 2 is 2.00 bits per heavy atom. The SMILES string of the molecule is C[C@H]1CCCCN1C(=O)C1CC1. The van der Waals surface area contributed by atoms with Crippen LogP contribution in [0, 0.1) is 5.92 Å². The predicted octanol–water partition coefficient (Wildman–Crippen LogP) is 1.80. The molecule has 0 aromatic heterocycles. The van der Waals surface area contributed by atoms with Crippen LogP contribution < -0.4 is 0 Å². The molecule has 2 aliphatic rings. The minimum Gasteiger partial charge on any atom is -0.340 e. The van der Waals surface area contributed by atoms with E-state index in [1.807, 2.05) is 0 Å². The molecule has 1 saturated heterocycles. The van der Waals surface area contributed by atoms with Gasteiger partial charge in [-0.05, 0) is 39.0 Å². The van der Waals surface area contributed by atoms with Gasteiger partial charge in [0.25, 0.3) is 0 Å². The number of likely N-dealkylation sites (tertiary alicyclic amines) is 1. The first-order chi connectivity index (χ1) is 5.79.